The Morgan fingerprint density at radius 2 is 2.00 bits per heavy atom. The minimum Gasteiger partial charge on any atom is -0.480 e. The second-order valence-electron chi connectivity index (χ2n) is 4.66. The normalized spacial score (nSPS) is 12.1. The van der Waals surface area contributed by atoms with Crippen molar-refractivity contribution in [2.75, 3.05) is 0 Å². The van der Waals surface area contributed by atoms with Crippen LogP contribution in [0.5, 0.6) is 0 Å². The summed E-state index contributed by atoms with van der Waals surface area (Å²) in [6.45, 7) is 1.86. The number of carboxylic acids is 1. The van der Waals surface area contributed by atoms with Gasteiger partial charge in [-0.2, -0.15) is 0 Å². The molecule has 0 fully saturated rings. The second kappa shape index (κ2) is 6.54. The zero-order valence-electron chi connectivity index (χ0n) is 11.5. The molecular formula is C15H15ClN2O3. The number of hydrogen-bond acceptors (Lipinski definition) is 3. The fraction of sp³-hybridized carbons (Fsp3) is 0.267. The highest BCUT2D eigenvalue weighted by Crippen LogP contribution is 2.24. The number of rotatable bonds is 5. The molecule has 0 unspecified atom stereocenters. The number of pyridine rings is 1. The molecular weight excluding hydrogens is 292 g/mol. The van der Waals surface area contributed by atoms with Gasteiger partial charge in [0.15, 0.2) is 0 Å². The molecule has 0 aliphatic rings. The number of benzene rings is 1. The molecule has 2 N–H and O–H groups in total. The minimum atomic E-state index is -1.04. The molecule has 1 atom stereocenters. The third kappa shape index (κ3) is 3.31. The van der Waals surface area contributed by atoms with Crippen LogP contribution < -0.4 is 5.32 Å². The van der Waals surface area contributed by atoms with E-state index in [1.54, 1.807) is 24.3 Å². The maximum atomic E-state index is 12.3. The first-order chi connectivity index (χ1) is 10.0. The quantitative estimate of drug-likeness (QED) is 0.832. The highest BCUT2D eigenvalue weighted by molar-refractivity contribution is 6.34. The van der Waals surface area contributed by atoms with E-state index in [1.165, 1.54) is 6.20 Å². The van der Waals surface area contributed by atoms with Gasteiger partial charge in [-0.25, -0.2) is 9.78 Å². The third-order valence-corrected chi connectivity index (χ3v) is 3.47. The maximum Gasteiger partial charge on any atom is 0.326 e. The van der Waals surface area contributed by atoms with E-state index in [0.717, 1.165) is 0 Å². The number of aromatic nitrogens is 1. The molecule has 0 spiro atoms. The molecule has 21 heavy (non-hydrogen) atoms. The predicted molar refractivity (Wildman–Crippen MR) is 80.6 cm³/mol. The van der Waals surface area contributed by atoms with Crippen molar-refractivity contribution < 1.29 is 14.7 Å². The van der Waals surface area contributed by atoms with Gasteiger partial charge in [0.25, 0.3) is 5.91 Å². The molecule has 2 aromatic rings. The number of carbonyl (C=O) groups excluding carboxylic acids is 1. The summed E-state index contributed by atoms with van der Waals surface area (Å²) in [4.78, 5) is 27.4. The highest BCUT2D eigenvalue weighted by Gasteiger charge is 2.21. The standard InChI is InChI=1S/C15H15ClN2O3/c1-2-5-12(15(20)21)18-14(19)11-8-17-13(16)10-7-4-3-6-9(10)11/h3-4,6-8,12H,2,5H2,1H3,(H,18,19)(H,20,21)/t12-/m1/s1. The molecule has 0 aliphatic heterocycles. The zero-order chi connectivity index (χ0) is 15.4. The first-order valence-corrected chi connectivity index (χ1v) is 6.99. The van der Waals surface area contributed by atoms with Crippen LogP contribution in [0.2, 0.25) is 5.15 Å². The Labute approximate surface area is 126 Å². The van der Waals surface area contributed by atoms with Crippen molar-refractivity contribution in [2.24, 2.45) is 0 Å². The lowest BCUT2D eigenvalue weighted by Gasteiger charge is -2.14. The molecule has 5 nitrogen and oxygen atoms in total. The van der Waals surface area contributed by atoms with Crippen molar-refractivity contribution in [3.05, 3.63) is 41.2 Å². The number of carbonyl (C=O) groups is 2. The van der Waals surface area contributed by atoms with Gasteiger partial charge in [0.2, 0.25) is 0 Å². The van der Waals surface area contributed by atoms with Gasteiger partial charge < -0.3 is 10.4 Å². The average Bonchev–Trinajstić information content (AvgIpc) is 2.47. The molecule has 1 aromatic carbocycles. The molecule has 6 heteroatoms. The van der Waals surface area contributed by atoms with E-state index in [9.17, 15) is 9.59 Å². The van der Waals surface area contributed by atoms with Crippen LogP contribution in [0, 0.1) is 0 Å². The summed E-state index contributed by atoms with van der Waals surface area (Å²) in [7, 11) is 0. The third-order valence-electron chi connectivity index (χ3n) is 3.17. The Morgan fingerprint density at radius 1 is 1.33 bits per heavy atom. The van der Waals surface area contributed by atoms with Crippen LogP contribution in [0.15, 0.2) is 30.5 Å². The maximum absolute atomic E-state index is 12.3. The van der Waals surface area contributed by atoms with E-state index < -0.39 is 17.9 Å². The molecule has 0 bridgehead atoms. The number of fused-ring (bicyclic) bond motifs is 1. The molecule has 1 heterocycles. The van der Waals surface area contributed by atoms with Crippen molar-refractivity contribution in [3.63, 3.8) is 0 Å². The van der Waals surface area contributed by atoms with E-state index in [-0.39, 0.29) is 0 Å². The van der Waals surface area contributed by atoms with E-state index >= 15 is 0 Å². The molecule has 110 valence electrons. The Kier molecular flexibility index (Phi) is 4.75. The van der Waals surface area contributed by atoms with Gasteiger partial charge in [0.05, 0.1) is 5.56 Å². The summed E-state index contributed by atoms with van der Waals surface area (Å²) in [5.41, 5.74) is 0.317. The molecule has 1 amide bonds. The Bertz CT molecular complexity index is 688. The van der Waals surface area contributed by atoms with E-state index in [4.69, 9.17) is 16.7 Å². The predicted octanol–water partition coefficient (Wildman–Crippen LogP) is 2.87. The van der Waals surface area contributed by atoms with Gasteiger partial charge in [0.1, 0.15) is 11.2 Å². The summed E-state index contributed by atoms with van der Waals surface area (Å²) in [5, 5.41) is 13.3. The van der Waals surface area contributed by atoms with Gasteiger partial charge in [-0.05, 0) is 11.8 Å². The van der Waals surface area contributed by atoms with Crippen LogP contribution in [-0.2, 0) is 4.79 Å². The van der Waals surface area contributed by atoms with Crippen molar-refractivity contribution >= 4 is 34.2 Å². The molecule has 0 saturated heterocycles. The topological polar surface area (TPSA) is 79.3 Å². The summed E-state index contributed by atoms with van der Waals surface area (Å²) >= 11 is 6.00. The number of amides is 1. The van der Waals surface area contributed by atoms with Gasteiger partial charge in [-0.3, -0.25) is 4.79 Å². The fourth-order valence-electron chi connectivity index (χ4n) is 2.12. The van der Waals surface area contributed by atoms with Gasteiger partial charge in [-0.15, -0.1) is 0 Å². The fourth-order valence-corrected chi connectivity index (χ4v) is 2.33. The lowest BCUT2D eigenvalue weighted by atomic mass is 10.1. The number of nitrogens with one attached hydrogen (secondary N) is 1. The van der Waals surface area contributed by atoms with Crippen LogP contribution in [0.25, 0.3) is 10.8 Å². The van der Waals surface area contributed by atoms with Gasteiger partial charge >= 0.3 is 5.97 Å². The van der Waals surface area contributed by atoms with Gasteiger partial charge in [-0.1, -0.05) is 49.2 Å². The van der Waals surface area contributed by atoms with Crippen molar-refractivity contribution in [1.29, 1.82) is 0 Å². The van der Waals surface area contributed by atoms with E-state index in [2.05, 4.69) is 10.3 Å². The number of carboxylic acid groups (broad SMARTS) is 1. The van der Waals surface area contributed by atoms with Gasteiger partial charge in [0, 0.05) is 11.6 Å². The Morgan fingerprint density at radius 3 is 2.62 bits per heavy atom. The van der Waals surface area contributed by atoms with Crippen LogP contribution in [0.4, 0.5) is 0 Å². The number of nitrogens with zero attached hydrogens (tertiary/aromatic N) is 1. The largest absolute Gasteiger partial charge is 0.480 e. The number of aliphatic carboxylic acids is 1. The lowest BCUT2D eigenvalue weighted by Crippen LogP contribution is -2.40. The summed E-state index contributed by atoms with van der Waals surface area (Å²) in [5.74, 6) is -1.51. The van der Waals surface area contributed by atoms with E-state index in [0.29, 0.717) is 34.3 Å². The monoisotopic (exact) mass is 306 g/mol. The van der Waals surface area contributed by atoms with Crippen LogP contribution in [0.1, 0.15) is 30.1 Å². The van der Waals surface area contributed by atoms with Crippen molar-refractivity contribution in [2.45, 2.75) is 25.8 Å². The summed E-state index contributed by atoms with van der Waals surface area (Å²) in [6.07, 6.45) is 2.40. The number of halogens is 1. The molecule has 0 saturated carbocycles. The average molecular weight is 307 g/mol. The van der Waals surface area contributed by atoms with Crippen LogP contribution >= 0.6 is 11.6 Å². The van der Waals surface area contributed by atoms with E-state index in [1.807, 2.05) is 6.92 Å². The smallest absolute Gasteiger partial charge is 0.326 e. The Balaban J connectivity index is 2.36. The molecule has 0 radical (unpaired) electrons. The summed E-state index contributed by atoms with van der Waals surface area (Å²) in [6, 6.07) is 6.21. The molecule has 1 aromatic heterocycles. The van der Waals surface area contributed by atoms with Crippen LogP contribution in [0.3, 0.4) is 0 Å². The van der Waals surface area contributed by atoms with Crippen LogP contribution in [-0.4, -0.2) is 28.0 Å². The number of hydrogen-bond donors (Lipinski definition) is 2. The van der Waals surface area contributed by atoms with Crippen molar-refractivity contribution in [1.82, 2.24) is 10.3 Å². The SMILES string of the molecule is CCC[C@@H](NC(=O)c1cnc(Cl)c2ccccc12)C(=O)O. The lowest BCUT2D eigenvalue weighted by molar-refractivity contribution is -0.139. The minimum absolute atomic E-state index is 0.311. The molecule has 0 aliphatic carbocycles. The first-order valence-electron chi connectivity index (χ1n) is 6.61. The van der Waals surface area contributed by atoms with Crippen molar-refractivity contribution in [3.8, 4) is 0 Å². The summed E-state index contributed by atoms with van der Waals surface area (Å²) < 4.78 is 0. The highest BCUT2D eigenvalue weighted by atomic mass is 35.5. The molecule has 2 rings (SSSR count). The first kappa shape index (κ1) is 15.3. The Hall–Kier alpha value is -2.14. The second-order valence-corrected chi connectivity index (χ2v) is 5.02. The zero-order valence-corrected chi connectivity index (χ0v) is 12.2.